The van der Waals surface area contributed by atoms with Gasteiger partial charge in [0.15, 0.2) is 5.82 Å². The molecule has 2 rings (SSSR count). The number of nitrogens with two attached hydrogens (primary N) is 2. The van der Waals surface area contributed by atoms with Crippen molar-refractivity contribution in [1.29, 1.82) is 0 Å². The molecule has 0 saturated heterocycles. The predicted octanol–water partition coefficient (Wildman–Crippen LogP) is 1.32. The maximum absolute atomic E-state index is 13.4. The van der Waals surface area contributed by atoms with Crippen LogP contribution >= 0.6 is 0 Å². The van der Waals surface area contributed by atoms with Gasteiger partial charge in [0, 0.05) is 18.3 Å². The van der Waals surface area contributed by atoms with Crippen molar-refractivity contribution in [2.24, 2.45) is 5.73 Å². The second-order valence-corrected chi connectivity index (χ2v) is 3.29. The number of aromatic nitrogens is 2. The molecule has 82 valence electrons. The fourth-order valence-corrected chi connectivity index (χ4v) is 1.35. The van der Waals surface area contributed by atoms with Crippen LogP contribution in [-0.2, 0) is 6.54 Å². The van der Waals surface area contributed by atoms with E-state index >= 15 is 0 Å². The second-order valence-electron chi connectivity index (χ2n) is 3.29. The smallest absolute Gasteiger partial charge is 0.164 e. The van der Waals surface area contributed by atoms with Crippen molar-refractivity contribution in [2.75, 3.05) is 5.73 Å². The maximum atomic E-state index is 13.4. The van der Waals surface area contributed by atoms with E-state index in [1.807, 2.05) is 0 Å². The van der Waals surface area contributed by atoms with Crippen molar-refractivity contribution >= 4 is 5.82 Å². The van der Waals surface area contributed by atoms with Crippen molar-refractivity contribution in [1.82, 2.24) is 9.97 Å². The first kappa shape index (κ1) is 10.5. The molecule has 0 bridgehead atoms. The van der Waals surface area contributed by atoms with E-state index < -0.39 is 0 Å². The monoisotopic (exact) mass is 218 g/mol. The lowest BCUT2D eigenvalue weighted by molar-refractivity contribution is 0.630. The van der Waals surface area contributed by atoms with Gasteiger partial charge < -0.3 is 11.5 Å². The second kappa shape index (κ2) is 4.24. The van der Waals surface area contributed by atoms with E-state index in [0.29, 0.717) is 11.1 Å². The Labute approximate surface area is 92.1 Å². The first-order chi connectivity index (χ1) is 7.72. The van der Waals surface area contributed by atoms with Crippen LogP contribution in [0.2, 0.25) is 0 Å². The molecule has 0 amide bonds. The molecule has 4 N–H and O–H groups in total. The van der Waals surface area contributed by atoms with Crippen LogP contribution < -0.4 is 11.5 Å². The molecule has 4 nitrogen and oxygen atoms in total. The quantitative estimate of drug-likeness (QED) is 0.797. The van der Waals surface area contributed by atoms with Crippen molar-refractivity contribution in [2.45, 2.75) is 6.54 Å². The summed E-state index contributed by atoms with van der Waals surface area (Å²) in [5, 5.41) is 0. The molecule has 2 aromatic rings. The van der Waals surface area contributed by atoms with Crippen molar-refractivity contribution in [3.8, 4) is 11.4 Å². The number of nitrogen functional groups attached to an aromatic ring is 1. The van der Waals surface area contributed by atoms with Crippen molar-refractivity contribution < 1.29 is 4.39 Å². The van der Waals surface area contributed by atoms with E-state index in [0.717, 1.165) is 0 Å². The average molecular weight is 218 g/mol. The predicted molar refractivity (Wildman–Crippen MR) is 59.7 cm³/mol. The van der Waals surface area contributed by atoms with Gasteiger partial charge in [0.2, 0.25) is 0 Å². The number of nitrogens with zero attached hydrogens (tertiary/aromatic N) is 2. The van der Waals surface area contributed by atoms with Gasteiger partial charge in [-0.05, 0) is 12.1 Å². The molecule has 0 atom stereocenters. The van der Waals surface area contributed by atoms with Crippen LogP contribution in [0, 0.1) is 5.82 Å². The van der Waals surface area contributed by atoms with Gasteiger partial charge in [0.05, 0.1) is 5.56 Å². The van der Waals surface area contributed by atoms with Gasteiger partial charge in [-0.1, -0.05) is 12.1 Å². The molecule has 1 aromatic carbocycles. The molecule has 1 heterocycles. The lowest BCUT2D eigenvalue weighted by Gasteiger charge is -2.05. The number of hydrogen-bond donors (Lipinski definition) is 2. The third-order valence-electron chi connectivity index (χ3n) is 2.23. The summed E-state index contributed by atoms with van der Waals surface area (Å²) in [6.07, 6.45) is 1.52. The van der Waals surface area contributed by atoms with Crippen molar-refractivity contribution in [3.63, 3.8) is 0 Å². The van der Waals surface area contributed by atoms with E-state index in [4.69, 9.17) is 11.5 Å². The van der Waals surface area contributed by atoms with E-state index in [9.17, 15) is 4.39 Å². The van der Waals surface area contributed by atoms with Crippen molar-refractivity contribution in [3.05, 3.63) is 41.8 Å². The lowest BCUT2D eigenvalue weighted by Crippen LogP contribution is -2.06. The molecular formula is C11H11FN4. The Morgan fingerprint density at radius 3 is 2.62 bits per heavy atom. The van der Waals surface area contributed by atoms with E-state index in [1.165, 1.54) is 12.3 Å². The zero-order valence-electron chi connectivity index (χ0n) is 8.52. The molecule has 0 saturated carbocycles. The van der Waals surface area contributed by atoms with E-state index in [-0.39, 0.29) is 24.0 Å². The number of rotatable bonds is 2. The number of halogens is 1. The number of anilines is 1. The first-order valence-corrected chi connectivity index (χ1v) is 4.78. The van der Waals surface area contributed by atoms with Crippen LogP contribution in [0.3, 0.4) is 0 Å². The standard InChI is InChI=1S/C11H11FN4/c12-9-4-2-1-3-8(9)11-15-6-7(5-13)10(14)16-11/h1-4,6H,5,13H2,(H2,14,15,16). The molecule has 0 spiro atoms. The Balaban J connectivity index is 2.50. The van der Waals surface area contributed by atoms with Gasteiger partial charge in [-0.2, -0.15) is 0 Å². The van der Waals surface area contributed by atoms with Gasteiger partial charge in [-0.3, -0.25) is 0 Å². The summed E-state index contributed by atoms with van der Waals surface area (Å²) in [6, 6.07) is 6.28. The van der Waals surface area contributed by atoms with Crippen LogP contribution in [-0.4, -0.2) is 9.97 Å². The summed E-state index contributed by atoms with van der Waals surface area (Å²) in [6.45, 7) is 0.267. The largest absolute Gasteiger partial charge is 0.383 e. The van der Waals surface area contributed by atoms with Gasteiger partial charge in [0.25, 0.3) is 0 Å². The van der Waals surface area contributed by atoms with Crippen LogP contribution in [0.1, 0.15) is 5.56 Å². The molecule has 0 aliphatic rings. The van der Waals surface area contributed by atoms with Crippen LogP contribution in [0.15, 0.2) is 30.5 Å². The summed E-state index contributed by atoms with van der Waals surface area (Å²) >= 11 is 0. The molecule has 16 heavy (non-hydrogen) atoms. The third-order valence-corrected chi connectivity index (χ3v) is 2.23. The molecule has 0 fully saturated rings. The minimum Gasteiger partial charge on any atom is -0.383 e. The molecule has 0 aliphatic heterocycles. The minimum absolute atomic E-state index is 0.267. The van der Waals surface area contributed by atoms with Gasteiger partial charge >= 0.3 is 0 Å². The Bertz CT molecular complexity index is 513. The SMILES string of the molecule is NCc1cnc(-c2ccccc2F)nc1N. The molecule has 0 radical (unpaired) electrons. The summed E-state index contributed by atoms with van der Waals surface area (Å²) in [7, 11) is 0. The maximum Gasteiger partial charge on any atom is 0.164 e. The highest BCUT2D eigenvalue weighted by Crippen LogP contribution is 2.20. The highest BCUT2D eigenvalue weighted by atomic mass is 19.1. The minimum atomic E-state index is -0.373. The molecule has 5 heteroatoms. The van der Waals surface area contributed by atoms with E-state index in [1.54, 1.807) is 18.2 Å². The first-order valence-electron chi connectivity index (χ1n) is 4.78. The lowest BCUT2D eigenvalue weighted by atomic mass is 10.2. The van der Waals surface area contributed by atoms with Gasteiger partial charge in [-0.15, -0.1) is 0 Å². The van der Waals surface area contributed by atoms with Crippen LogP contribution in [0.5, 0.6) is 0 Å². The summed E-state index contributed by atoms with van der Waals surface area (Å²) in [5.74, 6) is 0.186. The summed E-state index contributed by atoms with van der Waals surface area (Å²) < 4.78 is 13.4. The Morgan fingerprint density at radius 1 is 1.25 bits per heavy atom. The summed E-state index contributed by atoms with van der Waals surface area (Å²) in [4.78, 5) is 8.05. The Hall–Kier alpha value is -2.01. The van der Waals surface area contributed by atoms with Gasteiger partial charge in [-0.25, -0.2) is 14.4 Å². The third kappa shape index (κ3) is 1.85. The molecule has 0 unspecified atom stereocenters. The number of benzene rings is 1. The van der Waals surface area contributed by atoms with Crippen LogP contribution in [0.25, 0.3) is 11.4 Å². The molecule has 1 aromatic heterocycles. The normalized spacial score (nSPS) is 10.4. The average Bonchev–Trinajstić information content (AvgIpc) is 2.29. The zero-order valence-corrected chi connectivity index (χ0v) is 8.52. The zero-order chi connectivity index (χ0) is 11.5. The van der Waals surface area contributed by atoms with Gasteiger partial charge in [0.1, 0.15) is 11.6 Å². The fraction of sp³-hybridized carbons (Fsp3) is 0.0909. The fourth-order valence-electron chi connectivity index (χ4n) is 1.35. The molecular weight excluding hydrogens is 207 g/mol. The van der Waals surface area contributed by atoms with E-state index in [2.05, 4.69) is 9.97 Å². The number of hydrogen-bond acceptors (Lipinski definition) is 4. The molecule has 0 aliphatic carbocycles. The van der Waals surface area contributed by atoms with Crippen LogP contribution in [0.4, 0.5) is 10.2 Å². The Morgan fingerprint density at radius 2 is 2.00 bits per heavy atom. The highest BCUT2D eigenvalue weighted by Gasteiger charge is 2.08. The highest BCUT2D eigenvalue weighted by molar-refractivity contribution is 5.58. The Kier molecular flexibility index (Phi) is 2.78. The summed E-state index contributed by atoms with van der Waals surface area (Å²) in [5.41, 5.74) is 12.1. The topological polar surface area (TPSA) is 77.8 Å².